The summed E-state index contributed by atoms with van der Waals surface area (Å²) in [5, 5.41) is 9.09. The first-order valence-corrected chi connectivity index (χ1v) is 7.88. The molecular weight excluding hydrogens is 320 g/mol. The van der Waals surface area contributed by atoms with Crippen molar-refractivity contribution in [2.24, 2.45) is 0 Å². The van der Waals surface area contributed by atoms with Gasteiger partial charge in [-0.3, -0.25) is 0 Å². The maximum absolute atomic E-state index is 9.09. The number of aliphatic hydroxyl groups is 1. The van der Waals surface area contributed by atoms with Gasteiger partial charge in [0.05, 0.1) is 11.7 Å². The molecule has 20 heavy (non-hydrogen) atoms. The van der Waals surface area contributed by atoms with Crippen LogP contribution >= 0.6 is 15.9 Å². The first-order chi connectivity index (χ1) is 9.36. The Hall–Kier alpha value is -0.420. The van der Waals surface area contributed by atoms with Gasteiger partial charge in [0.1, 0.15) is 0 Å². The van der Waals surface area contributed by atoms with E-state index in [9.17, 15) is 0 Å². The second-order valence-corrected chi connectivity index (χ2v) is 6.90. The third kappa shape index (κ3) is 3.61. The highest BCUT2D eigenvalue weighted by atomic mass is 79.9. The van der Waals surface area contributed by atoms with Crippen LogP contribution in [-0.2, 0) is 15.9 Å². The Labute approximate surface area is 129 Å². The molecule has 0 unspecified atom stereocenters. The van der Waals surface area contributed by atoms with Gasteiger partial charge in [-0.15, -0.1) is 0 Å². The van der Waals surface area contributed by atoms with Crippen LogP contribution in [0.3, 0.4) is 0 Å². The smallest absolute Gasteiger partial charge is 0.164 e. The van der Waals surface area contributed by atoms with Crippen LogP contribution in [0.15, 0.2) is 28.7 Å². The molecule has 112 valence electrons. The summed E-state index contributed by atoms with van der Waals surface area (Å²) in [6.45, 7) is 6.16. The van der Waals surface area contributed by atoms with Crippen LogP contribution < -0.4 is 0 Å². The molecule has 2 atom stereocenters. The fourth-order valence-corrected chi connectivity index (χ4v) is 3.33. The molecule has 1 fully saturated rings. The van der Waals surface area contributed by atoms with Crippen LogP contribution in [0.25, 0.3) is 0 Å². The van der Waals surface area contributed by atoms with E-state index in [1.807, 2.05) is 32.0 Å². The highest BCUT2D eigenvalue weighted by Crippen LogP contribution is 2.41. The van der Waals surface area contributed by atoms with Gasteiger partial charge < -0.3 is 14.6 Å². The SMILES string of the molecule is CC1(C)O[C@H](Cc2ccccc2Br)[C@](C)(CCCO)O1. The van der Waals surface area contributed by atoms with Gasteiger partial charge in [0.15, 0.2) is 5.79 Å². The number of hydrogen-bond donors (Lipinski definition) is 1. The maximum atomic E-state index is 9.09. The third-order valence-electron chi connectivity index (χ3n) is 3.78. The lowest BCUT2D eigenvalue weighted by molar-refractivity contribution is -0.161. The molecule has 0 amide bonds. The first-order valence-electron chi connectivity index (χ1n) is 7.08. The van der Waals surface area contributed by atoms with Gasteiger partial charge >= 0.3 is 0 Å². The van der Waals surface area contributed by atoms with Crippen molar-refractivity contribution >= 4 is 15.9 Å². The zero-order chi connectivity index (χ0) is 14.8. The predicted molar refractivity (Wildman–Crippen MR) is 82.6 cm³/mol. The van der Waals surface area contributed by atoms with Gasteiger partial charge in [-0.2, -0.15) is 0 Å². The van der Waals surface area contributed by atoms with Crippen LogP contribution in [0, 0.1) is 0 Å². The number of rotatable bonds is 5. The lowest BCUT2D eigenvalue weighted by Crippen LogP contribution is -2.38. The number of ether oxygens (including phenoxy) is 2. The summed E-state index contributed by atoms with van der Waals surface area (Å²) in [6.07, 6.45) is 2.31. The van der Waals surface area contributed by atoms with Crippen LogP contribution in [0.5, 0.6) is 0 Å². The Morgan fingerprint density at radius 3 is 2.60 bits per heavy atom. The van der Waals surface area contributed by atoms with Crippen molar-refractivity contribution in [2.45, 2.75) is 57.5 Å². The lowest BCUT2D eigenvalue weighted by Gasteiger charge is -2.29. The fraction of sp³-hybridized carbons (Fsp3) is 0.625. The summed E-state index contributed by atoms with van der Waals surface area (Å²) >= 11 is 3.59. The quantitative estimate of drug-likeness (QED) is 0.887. The van der Waals surface area contributed by atoms with E-state index in [-0.39, 0.29) is 18.3 Å². The van der Waals surface area contributed by atoms with Gasteiger partial charge in [-0.1, -0.05) is 34.1 Å². The molecule has 1 N–H and O–H groups in total. The monoisotopic (exact) mass is 342 g/mol. The normalized spacial score (nSPS) is 28.8. The molecule has 0 aromatic heterocycles. The minimum absolute atomic E-state index is 0.0113. The average Bonchev–Trinajstić information content (AvgIpc) is 2.60. The minimum Gasteiger partial charge on any atom is -0.396 e. The number of hydrogen-bond acceptors (Lipinski definition) is 3. The second kappa shape index (κ2) is 6.14. The van der Waals surface area contributed by atoms with Gasteiger partial charge in [0.2, 0.25) is 0 Å². The van der Waals surface area contributed by atoms with E-state index in [0.717, 1.165) is 23.7 Å². The van der Waals surface area contributed by atoms with Gasteiger partial charge in [-0.25, -0.2) is 0 Å². The fourth-order valence-electron chi connectivity index (χ4n) is 2.88. The largest absolute Gasteiger partial charge is 0.396 e. The molecule has 1 saturated heterocycles. The van der Waals surface area contributed by atoms with Gasteiger partial charge in [-0.05, 0) is 45.2 Å². The molecular formula is C16H23BrO3. The topological polar surface area (TPSA) is 38.7 Å². The van der Waals surface area contributed by atoms with E-state index in [0.29, 0.717) is 0 Å². The van der Waals surface area contributed by atoms with Crippen molar-refractivity contribution in [1.29, 1.82) is 0 Å². The second-order valence-electron chi connectivity index (χ2n) is 6.04. The maximum Gasteiger partial charge on any atom is 0.164 e. The van der Waals surface area contributed by atoms with Crippen molar-refractivity contribution in [1.82, 2.24) is 0 Å². The van der Waals surface area contributed by atoms with Gasteiger partial charge in [0.25, 0.3) is 0 Å². The Bertz CT molecular complexity index is 461. The summed E-state index contributed by atoms with van der Waals surface area (Å²) in [4.78, 5) is 0. The molecule has 1 aromatic carbocycles. The molecule has 0 radical (unpaired) electrons. The Balaban J connectivity index is 2.17. The Morgan fingerprint density at radius 2 is 1.95 bits per heavy atom. The van der Waals surface area contributed by atoms with E-state index in [1.54, 1.807) is 0 Å². The van der Waals surface area contributed by atoms with E-state index >= 15 is 0 Å². The van der Waals surface area contributed by atoms with Crippen LogP contribution in [0.1, 0.15) is 39.2 Å². The molecule has 1 aliphatic rings. The summed E-state index contributed by atoms with van der Waals surface area (Å²) in [7, 11) is 0. The number of halogens is 1. The zero-order valence-electron chi connectivity index (χ0n) is 12.4. The minimum atomic E-state index is -0.573. The molecule has 1 aromatic rings. The van der Waals surface area contributed by atoms with Crippen LogP contribution in [-0.4, -0.2) is 29.2 Å². The van der Waals surface area contributed by atoms with E-state index in [1.165, 1.54) is 5.56 Å². The summed E-state index contributed by atoms with van der Waals surface area (Å²) in [5.74, 6) is -0.573. The van der Waals surface area contributed by atoms with Crippen molar-refractivity contribution in [3.63, 3.8) is 0 Å². The molecule has 0 saturated carbocycles. The Kier molecular flexibility index (Phi) is 4.90. The standard InChI is InChI=1S/C16H23BrO3/c1-15(2)19-14(16(3,20-15)9-6-10-18)11-12-7-4-5-8-13(12)17/h4-5,7-8,14,18H,6,9-11H2,1-3H3/t14-,16+/m1/s1. The van der Waals surface area contributed by atoms with E-state index in [2.05, 4.69) is 28.9 Å². The molecule has 1 aliphatic heterocycles. The van der Waals surface area contributed by atoms with Crippen molar-refractivity contribution in [3.8, 4) is 0 Å². The highest BCUT2D eigenvalue weighted by molar-refractivity contribution is 9.10. The first kappa shape index (κ1) is 16.0. The zero-order valence-corrected chi connectivity index (χ0v) is 13.9. The molecule has 0 spiro atoms. The summed E-state index contributed by atoms with van der Waals surface area (Å²) in [5.41, 5.74) is 0.857. The van der Waals surface area contributed by atoms with Crippen LogP contribution in [0.4, 0.5) is 0 Å². The molecule has 0 aliphatic carbocycles. The highest BCUT2D eigenvalue weighted by Gasteiger charge is 2.49. The molecule has 0 bridgehead atoms. The van der Waals surface area contributed by atoms with Gasteiger partial charge in [0, 0.05) is 17.5 Å². The Morgan fingerprint density at radius 1 is 1.25 bits per heavy atom. The lowest BCUT2D eigenvalue weighted by atomic mass is 9.89. The molecule has 3 nitrogen and oxygen atoms in total. The van der Waals surface area contributed by atoms with Crippen molar-refractivity contribution in [2.75, 3.05) is 6.61 Å². The molecule has 1 heterocycles. The number of aliphatic hydroxyl groups excluding tert-OH is 1. The van der Waals surface area contributed by atoms with Crippen LogP contribution in [0.2, 0.25) is 0 Å². The summed E-state index contributed by atoms with van der Waals surface area (Å²) < 4.78 is 13.3. The number of benzene rings is 1. The van der Waals surface area contributed by atoms with Crippen molar-refractivity contribution < 1.29 is 14.6 Å². The summed E-state index contributed by atoms with van der Waals surface area (Å²) in [6, 6.07) is 8.19. The van der Waals surface area contributed by atoms with E-state index < -0.39 is 5.79 Å². The predicted octanol–water partition coefficient (Wildman–Crippen LogP) is 3.67. The van der Waals surface area contributed by atoms with E-state index in [4.69, 9.17) is 14.6 Å². The third-order valence-corrected chi connectivity index (χ3v) is 4.55. The average molecular weight is 343 g/mol. The van der Waals surface area contributed by atoms with Crippen molar-refractivity contribution in [3.05, 3.63) is 34.3 Å². The molecule has 2 rings (SSSR count). The molecule has 4 heteroatoms.